The summed E-state index contributed by atoms with van der Waals surface area (Å²) in [5, 5.41) is 3.15. The monoisotopic (exact) mass is 291 g/mol. The Bertz CT molecular complexity index is 487. The lowest BCUT2D eigenvalue weighted by Gasteiger charge is -2.29. The number of amides is 1. The molecule has 1 aromatic carbocycles. The third-order valence-corrected chi connectivity index (χ3v) is 4.15. The molecule has 2 rings (SSSR count). The van der Waals surface area contributed by atoms with E-state index in [4.69, 9.17) is 9.47 Å². The number of hydrogen-bond acceptors (Lipinski definition) is 3. The van der Waals surface area contributed by atoms with Gasteiger partial charge in [-0.25, -0.2) is 0 Å². The van der Waals surface area contributed by atoms with Crippen molar-refractivity contribution >= 4 is 5.91 Å². The molecule has 2 atom stereocenters. The number of rotatable bonds is 5. The SMILES string of the molecule is CCOc1ccc(C(=O)N[C@H]2CCCC[C@H]2C)cc1OC. The van der Waals surface area contributed by atoms with E-state index in [1.165, 1.54) is 19.3 Å². The Hall–Kier alpha value is -1.71. The van der Waals surface area contributed by atoms with E-state index < -0.39 is 0 Å². The fraction of sp³-hybridized carbons (Fsp3) is 0.588. The van der Waals surface area contributed by atoms with Gasteiger partial charge in [0.25, 0.3) is 5.91 Å². The molecule has 1 aliphatic rings. The normalized spacial score (nSPS) is 21.7. The molecule has 1 N–H and O–H groups in total. The summed E-state index contributed by atoms with van der Waals surface area (Å²) in [5.74, 6) is 1.78. The maximum Gasteiger partial charge on any atom is 0.251 e. The van der Waals surface area contributed by atoms with Crippen molar-refractivity contribution in [2.45, 2.75) is 45.6 Å². The highest BCUT2D eigenvalue weighted by Gasteiger charge is 2.23. The molecule has 0 aliphatic heterocycles. The summed E-state index contributed by atoms with van der Waals surface area (Å²) in [4.78, 5) is 12.4. The van der Waals surface area contributed by atoms with Crippen LogP contribution in [0.5, 0.6) is 11.5 Å². The Morgan fingerprint density at radius 2 is 2.05 bits per heavy atom. The lowest BCUT2D eigenvalue weighted by molar-refractivity contribution is 0.0910. The van der Waals surface area contributed by atoms with Crippen LogP contribution in [0.3, 0.4) is 0 Å². The Morgan fingerprint density at radius 1 is 1.29 bits per heavy atom. The van der Waals surface area contributed by atoms with E-state index in [2.05, 4.69) is 12.2 Å². The molecule has 4 heteroatoms. The molecule has 1 aliphatic carbocycles. The largest absolute Gasteiger partial charge is 0.493 e. The van der Waals surface area contributed by atoms with Gasteiger partial charge in [0.15, 0.2) is 11.5 Å². The van der Waals surface area contributed by atoms with Crippen LogP contribution >= 0.6 is 0 Å². The molecule has 0 bridgehead atoms. The number of carbonyl (C=O) groups excluding carboxylic acids is 1. The van der Waals surface area contributed by atoms with Crippen molar-refractivity contribution in [3.05, 3.63) is 23.8 Å². The Labute approximate surface area is 126 Å². The first kappa shape index (κ1) is 15.7. The van der Waals surface area contributed by atoms with E-state index in [0.717, 1.165) is 6.42 Å². The topological polar surface area (TPSA) is 47.6 Å². The van der Waals surface area contributed by atoms with Crippen molar-refractivity contribution in [1.82, 2.24) is 5.32 Å². The van der Waals surface area contributed by atoms with Crippen LogP contribution in [0.2, 0.25) is 0 Å². The zero-order valence-electron chi connectivity index (χ0n) is 13.1. The zero-order valence-corrected chi connectivity index (χ0v) is 13.1. The fourth-order valence-electron chi connectivity index (χ4n) is 2.87. The summed E-state index contributed by atoms with van der Waals surface area (Å²) < 4.78 is 10.8. The van der Waals surface area contributed by atoms with Crippen molar-refractivity contribution in [2.75, 3.05) is 13.7 Å². The van der Waals surface area contributed by atoms with E-state index in [0.29, 0.717) is 29.6 Å². The lowest BCUT2D eigenvalue weighted by atomic mass is 9.86. The van der Waals surface area contributed by atoms with Crippen molar-refractivity contribution in [3.8, 4) is 11.5 Å². The lowest BCUT2D eigenvalue weighted by Crippen LogP contribution is -2.41. The Kier molecular flexibility index (Phi) is 5.48. The average Bonchev–Trinajstić information content (AvgIpc) is 2.50. The van der Waals surface area contributed by atoms with Crippen molar-refractivity contribution in [3.63, 3.8) is 0 Å². The Balaban J connectivity index is 2.08. The summed E-state index contributed by atoms with van der Waals surface area (Å²) in [5.41, 5.74) is 0.619. The van der Waals surface area contributed by atoms with Gasteiger partial charge in [-0.1, -0.05) is 19.8 Å². The summed E-state index contributed by atoms with van der Waals surface area (Å²) in [7, 11) is 1.59. The number of nitrogens with one attached hydrogen (secondary N) is 1. The van der Waals surface area contributed by atoms with Gasteiger partial charge < -0.3 is 14.8 Å². The summed E-state index contributed by atoms with van der Waals surface area (Å²) >= 11 is 0. The molecular formula is C17H25NO3. The maximum absolute atomic E-state index is 12.4. The third-order valence-electron chi connectivity index (χ3n) is 4.15. The van der Waals surface area contributed by atoms with Gasteiger partial charge in [-0.3, -0.25) is 4.79 Å². The molecule has 0 spiro atoms. The second kappa shape index (κ2) is 7.34. The van der Waals surface area contributed by atoms with Crippen LogP contribution in [0, 0.1) is 5.92 Å². The molecule has 1 amide bonds. The molecule has 1 fully saturated rings. The number of methoxy groups -OCH3 is 1. The number of hydrogen-bond donors (Lipinski definition) is 1. The molecule has 4 nitrogen and oxygen atoms in total. The van der Waals surface area contributed by atoms with E-state index >= 15 is 0 Å². The number of carbonyl (C=O) groups is 1. The second-order valence-electron chi connectivity index (χ2n) is 5.64. The van der Waals surface area contributed by atoms with Gasteiger partial charge in [0, 0.05) is 11.6 Å². The van der Waals surface area contributed by atoms with Crippen LogP contribution in [0.25, 0.3) is 0 Å². The van der Waals surface area contributed by atoms with Crippen LogP contribution in [0.4, 0.5) is 0 Å². The van der Waals surface area contributed by atoms with Crippen LogP contribution in [0.15, 0.2) is 18.2 Å². The van der Waals surface area contributed by atoms with Crippen LogP contribution in [-0.4, -0.2) is 25.7 Å². The molecule has 1 aromatic rings. The van der Waals surface area contributed by atoms with Gasteiger partial charge in [-0.15, -0.1) is 0 Å². The minimum Gasteiger partial charge on any atom is -0.493 e. The van der Waals surface area contributed by atoms with E-state index in [1.54, 1.807) is 25.3 Å². The molecule has 0 heterocycles. The van der Waals surface area contributed by atoms with Crippen molar-refractivity contribution in [1.29, 1.82) is 0 Å². The van der Waals surface area contributed by atoms with Crippen molar-refractivity contribution in [2.24, 2.45) is 5.92 Å². The molecule has 116 valence electrons. The minimum atomic E-state index is -0.0323. The van der Waals surface area contributed by atoms with E-state index in [-0.39, 0.29) is 11.9 Å². The molecule has 0 radical (unpaired) electrons. The van der Waals surface area contributed by atoms with Crippen LogP contribution in [-0.2, 0) is 0 Å². The highest BCUT2D eigenvalue weighted by atomic mass is 16.5. The zero-order chi connectivity index (χ0) is 15.2. The maximum atomic E-state index is 12.4. The van der Waals surface area contributed by atoms with E-state index in [9.17, 15) is 4.79 Å². The fourth-order valence-corrected chi connectivity index (χ4v) is 2.87. The second-order valence-corrected chi connectivity index (χ2v) is 5.64. The standard InChI is InChI=1S/C17H25NO3/c1-4-21-15-10-9-13(11-16(15)20-3)17(19)18-14-8-6-5-7-12(14)2/h9-12,14H,4-8H2,1-3H3,(H,18,19)/t12-,14+/m1/s1. The van der Waals surface area contributed by atoms with E-state index in [1.807, 2.05) is 6.92 Å². The number of ether oxygens (including phenoxy) is 2. The molecule has 21 heavy (non-hydrogen) atoms. The summed E-state index contributed by atoms with van der Waals surface area (Å²) in [6, 6.07) is 5.61. The first-order chi connectivity index (χ1) is 10.2. The quantitative estimate of drug-likeness (QED) is 0.904. The highest BCUT2D eigenvalue weighted by Crippen LogP contribution is 2.29. The highest BCUT2D eigenvalue weighted by molar-refractivity contribution is 5.95. The predicted octanol–water partition coefficient (Wildman–Crippen LogP) is 3.40. The van der Waals surface area contributed by atoms with Gasteiger partial charge in [0.1, 0.15) is 0 Å². The van der Waals surface area contributed by atoms with Crippen LogP contribution in [0.1, 0.15) is 49.9 Å². The average molecular weight is 291 g/mol. The molecular weight excluding hydrogens is 266 g/mol. The van der Waals surface area contributed by atoms with Gasteiger partial charge in [-0.05, 0) is 43.9 Å². The molecule has 0 aromatic heterocycles. The van der Waals surface area contributed by atoms with Gasteiger partial charge in [-0.2, -0.15) is 0 Å². The molecule has 0 unspecified atom stereocenters. The smallest absolute Gasteiger partial charge is 0.251 e. The first-order valence-electron chi connectivity index (χ1n) is 7.77. The number of benzene rings is 1. The molecule has 0 saturated heterocycles. The van der Waals surface area contributed by atoms with Gasteiger partial charge >= 0.3 is 0 Å². The third kappa shape index (κ3) is 3.90. The van der Waals surface area contributed by atoms with Gasteiger partial charge in [0.05, 0.1) is 13.7 Å². The first-order valence-corrected chi connectivity index (χ1v) is 7.77. The summed E-state index contributed by atoms with van der Waals surface area (Å²) in [6.07, 6.45) is 4.73. The van der Waals surface area contributed by atoms with Crippen LogP contribution < -0.4 is 14.8 Å². The Morgan fingerprint density at radius 3 is 2.71 bits per heavy atom. The minimum absolute atomic E-state index is 0.0323. The molecule has 1 saturated carbocycles. The predicted molar refractivity (Wildman–Crippen MR) is 83.0 cm³/mol. The summed E-state index contributed by atoms with van der Waals surface area (Å²) in [6.45, 7) is 4.70. The van der Waals surface area contributed by atoms with Gasteiger partial charge in [0.2, 0.25) is 0 Å². The van der Waals surface area contributed by atoms with Crippen molar-refractivity contribution < 1.29 is 14.3 Å².